The average Bonchev–Trinajstić information content (AvgIpc) is 2.62. The van der Waals surface area contributed by atoms with Gasteiger partial charge in [0.1, 0.15) is 10.8 Å². The smallest absolute Gasteiger partial charge is 0.142 e. The van der Waals surface area contributed by atoms with E-state index in [4.69, 9.17) is 5.73 Å². The monoisotopic (exact) mass is 255 g/mol. The molecule has 0 spiro atoms. The van der Waals surface area contributed by atoms with Crippen molar-refractivity contribution in [3.8, 4) is 0 Å². The van der Waals surface area contributed by atoms with E-state index in [0.29, 0.717) is 11.9 Å². The second-order valence-electron chi connectivity index (χ2n) is 4.80. The number of likely N-dealkylation sites (N-methyl/N-ethyl adjacent to an activating group) is 2. The molecule has 5 nitrogen and oxygen atoms in total. The fourth-order valence-electron chi connectivity index (χ4n) is 2.05. The van der Waals surface area contributed by atoms with E-state index in [9.17, 15) is 0 Å². The molecule has 0 amide bonds. The van der Waals surface area contributed by atoms with E-state index < -0.39 is 0 Å². The van der Waals surface area contributed by atoms with Crippen molar-refractivity contribution in [2.75, 3.05) is 51.3 Å². The van der Waals surface area contributed by atoms with Gasteiger partial charge in [0, 0.05) is 37.8 Å². The third-order valence-electron chi connectivity index (χ3n) is 3.44. The van der Waals surface area contributed by atoms with E-state index in [1.54, 1.807) is 0 Å². The number of piperazine rings is 1. The largest absolute Gasteiger partial charge is 0.383 e. The zero-order valence-electron chi connectivity index (χ0n) is 10.7. The van der Waals surface area contributed by atoms with Crippen LogP contribution in [0.1, 0.15) is 5.56 Å². The van der Waals surface area contributed by atoms with Crippen molar-refractivity contribution in [3.05, 3.63) is 5.56 Å². The van der Waals surface area contributed by atoms with E-state index in [-0.39, 0.29) is 0 Å². The number of nitrogen functional groups attached to an aromatic ring is 1. The van der Waals surface area contributed by atoms with E-state index in [2.05, 4.69) is 33.6 Å². The predicted molar refractivity (Wildman–Crippen MR) is 73.7 cm³/mol. The second-order valence-corrected chi connectivity index (χ2v) is 5.57. The summed E-state index contributed by atoms with van der Waals surface area (Å²) in [7, 11) is 4.36. The van der Waals surface area contributed by atoms with Gasteiger partial charge in [-0.05, 0) is 32.6 Å². The first-order valence-corrected chi connectivity index (χ1v) is 6.69. The molecule has 1 fully saturated rings. The zero-order valence-corrected chi connectivity index (χ0v) is 11.5. The maximum absolute atomic E-state index is 5.74. The van der Waals surface area contributed by atoms with Crippen LogP contribution in [0.4, 0.5) is 10.8 Å². The first kappa shape index (κ1) is 12.6. The molecule has 1 unspecified atom stereocenters. The summed E-state index contributed by atoms with van der Waals surface area (Å²) in [4.78, 5) is 4.78. The lowest BCUT2D eigenvalue weighted by molar-refractivity contribution is 0.122. The molecule has 0 bridgehead atoms. The molecular weight excluding hydrogens is 234 g/mol. The van der Waals surface area contributed by atoms with Gasteiger partial charge in [0.25, 0.3) is 0 Å². The van der Waals surface area contributed by atoms with E-state index in [0.717, 1.165) is 36.7 Å². The zero-order chi connectivity index (χ0) is 12.4. The molecule has 0 aliphatic carbocycles. The summed E-state index contributed by atoms with van der Waals surface area (Å²) in [5, 5.41) is 4.56. The fourth-order valence-corrected chi connectivity index (χ4v) is 2.76. The Hall–Kier alpha value is -0.850. The van der Waals surface area contributed by atoms with Crippen molar-refractivity contribution in [2.24, 2.45) is 0 Å². The Morgan fingerprint density at radius 3 is 2.88 bits per heavy atom. The number of nitrogens with two attached hydrogens (primary N) is 1. The van der Waals surface area contributed by atoms with Gasteiger partial charge in [-0.25, -0.2) is 0 Å². The highest BCUT2D eigenvalue weighted by molar-refractivity contribution is 7.10. The second kappa shape index (κ2) is 5.20. The molecule has 0 saturated carbocycles. The molecule has 2 heterocycles. The number of hydrogen-bond donors (Lipinski definition) is 2. The quantitative estimate of drug-likeness (QED) is 0.832. The third kappa shape index (κ3) is 2.88. The molecule has 2 rings (SSSR count). The highest BCUT2D eigenvalue weighted by atomic mass is 32.1. The van der Waals surface area contributed by atoms with Crippen LogP contribution in [-0.2, 0) is 0 Å². The van der Waals surface area contributed by atoms with Crippen molar-refractivity contribution >= 4 is 22.4 Å². The first-order valence-electron chi connectivity index (χ1n) is 5.92. The van der Waals surface area contributed by atoms with Gasteiger partial charge in [0.2, 0.25) is 0 Å². The highest BCUT2D eigenvalue weighted by Gasteiger charge is 2.22. The average molecular weight is 255 g/mol. The van der Waals surface area contributed by atoms with E-state index in [1.807, 2.05) is 6.92 Å². The molecule has 96 valence electrons. The van der Waals surface area contributed by atoms with Crippen molar-refractivity contribution in [1.29, 1.82) is 0 Å². The minimum Gasteiger partial charge on any atom is -0.383 e. The van der Waals surface area contributed by atoms with Crippen LogP contribution in [0.25, 0.3) is 0 Å². The lowest BCUT2D eigenvalue weighted by Gasteiger charge is -2.37. The Morgan fingerprint density at radius 1 is 1.47 bits per heavy atom. The standard InChI is InChI=1S/C11H21N5S/c1-8-10(12)14-17-11(8)13-6-9-7-15(2)4-5-16(9)3/h9,13H,4-7H2,1-3H3,(H2,12,14). The summed E-state index contributed by atoms with van der Waals surface area (Å²) >= 11 is 1.45. The van der Waals surface area contributed by atoms with Crippen molar-refractivity contribution < 1.29 is 0 Å². The van der Waals surface area contributed by atoms with Crippen LogP contribution < -0.4 is 11.1 Å². The summed E-state index contributed by atoms with van der Waals surface area (Å²) in [6.07, 6.45) is 0. The third-order valence-corrected chi connectivity index (χ3v) is 4.36. The molecule has 1 aromatic heterocycles. The number of hydrogen-bond acceptors (Lipinski definition) is 6. The van der Waals surface area contributed by atoms with Crippen molar-refractivity contribution in [1.82, 2.24) is 14.2 Å². The van der Waals surface area contributed by atoms with Crippen LogP contribution in [-0.4, -0.2) is 60.5 Å². The minimum atomic E-state index is 0.552. The SMILES string of the molecule is Cc1c(N)nsc1NCC1CN(C)CCN1C. The summed E-state index contributed by atoms with van der Waals surface area (Å²) in [5.41, 5.74) is 6.81. The van der Waals surface area contributed by atoms with E-state index >= 15 is 0 Å². The summed E-state index contributed by atoms with van der Waals surface area (Å²) in [5.74, 6) is 0.645. The lowest BCUT2D eigenvalue weighted by atomic mass is 10.2. The maximum atomic E-state index is 5.74. The molecule has 1 atom stereocenters. The van der Waals surface area contributed by atoms with Crippen LogP contribution in [0, 0.1) is 6.92 Å². The number of anilines is 2. The van der Waals surface area contributed by atoms with Crippen molar-refractivity contribution in [3.63, 3.8) is 0 Å². The van der Waals surface area contributed by atoms with Gasteiger partial charge in [-0.3, -0.25) is 4.90 Å². The molecule has 17 heavy (non-hydrogen) atoms. The molecule has 1 aromatic rings. The Kier molecular flexibility index (Phi) is 3.86. The lowest BCUT2D eigenvalue weighted by Crippen LogP contribution is -2.52. The van der Waals surface area contributed by atoms with Crippen LogP contribution >= 0.6 is 11.5 Å². The minimum absolute atomic E-state index is 0.552. The summed E-state index contributed by atoms with van der Waals surface area (Å²) < 4.78 is 4.15. The first-order chi connectivity index (χ1) is 8.08. The van der Waals surface area contributed by atoms with Gasteiger partial charge in [0.15, 0.2) is 0 Å². The number of nitrogens with one attached hydrogen (secondary N) is 1. The normalized spacial score (nSPS) is 22.9. The van der Waals surface area contributed by atoms with Crippen molar-refractivity contribution in [2.45, 2.75) is 13.0 Å². The maximum Gasteiger partial charge on any atom is 0.142 e. The predicted octanol–water partition coefficient (Wildman–Crippen LogP) is 0.691. The van der Waals surface area contributed by atoms with Crippen LogP contribution in [0.15, 0.2) is 0 Å². The topological polar surface area (TPSA) is 57.4 Å². The molecule has 1 aliphatic rings. The van der Waals surface area contributed by atoms with Gasteiger partial charge >= 0.3 is 0 Å². The Bertz CT molecular complexity index is 378. The van der Waals surface area contributed by atoms with Crippen LogP contribution in [0.3, 0.4) is 0 Å². The molecule has 0 aromatic carbocycles. The Labute approximate surface area is 107 Å². The Morgan fingerprint density at radius 2 is 2.24 bits per heavy atom. The highest BCUT2D eigenvalue weighted by Crippen LogP contribution is 2.25. The summed E-state index contributed by atoms with van der Waals surface area (Å²) in [6, 6.07) is 0.552. The molecule has 1 saturated heterocycles. The van der Waals surface area contributed by atoms with Crippen LogP contribution in [0.2, 0.25) is 0 Å². The Balaban J connectivity index is 1.91. The number of nitrogens with zero attached hydrogens (tertiary/aromatic N) is 3. The fraction of sp³-hybridized carbons (Fsp3) is 0.727. The molecular formula is C11H21N5S. The van der Waals surface area contributed by atoms with Crippen LogP contribution in [0.5, 0.6) is 0 Å². The number of aromatic nitrogens is 1. The van der Waals surface area contributed by atoms with Gasteiger partial charge in [-0.2, -0.15) is 4.37 Å². The van der Waals surface area contributed by atoms with Gasteiger partial charge in [-0.1, -0.05) is 0 Å². The van der Waals surface area contributed by atoms with E-state index in [1.165, 1.54) is 11.5 Å². The van der Waals surface area contributed by atoms with Gasteiger partial charge in [-0.15, -0.1) is 0 Å². The summed E-state index contributed by atoms with van der Waals surface area (Å²) in [6.45, 7) is 6.35. The number of rotatable bonds is 3. The van der Waals surface area contributed by atoms with Gasteiger partial charge in [0.05, 0.1) is 0 Å². The molecule has 3 N–H and O–H groups in total. The molecule has 6 heteroatoms. The van der Waals surface area contributed by atoms with Gasteiger partial charge < -0.3 is 16.0 Å². The molecule has 1 aliphatic heterocycles. The molecule has 0 radical (unpaired) electrons.